The first-order valence-corrected chi connectivity index (χ1v) is 6.97. The van der Waals surface area contributed by atoms with E-state index in [-0.39, 0.29) is 18.0 Å². The van der Waals surface area contributed by atoms with Crippen LogP contribution in [-0.4, -0.2) is 17.6 Å². The number of nitrogens with one attached hydrogen (secondary N) is 1. The Bertz CT molecular complexity index is 698. The van der Waals surface area contributed by atoms with E-state index in [4.69, 9.17) is 0 Å². The van der Waals surface area contributed by atoms with Crippen molar-refractivity contribution < 1.29 is 23.1 Å². The molecule has 0 aliphatic rings. The Morgan fingerprint density at radius 1 is 1.17 bits per heavy atom. The van der Waals surface area contributed by atoms with Crippen LogP contribution in [-0.2, 0) is 6.18 Å². The standard InChI is InChI=1S/C17H16F3NO2/c1-11-4-2-6-13(8-11)16(23)21-10-15(22)12-5-3-7-14(9-12)17(18,19)20/h2-9,15,22H,10H2,1H3,(H,21,23). The van der Waals surface area contributed by atoms with Crippen LogP contribution in [0.25, 0.3) is 0 Å². The molecule has 0 fully saturated rings. The van der Waals surface area contributed by atoms with Gasteiger partial charge in [0.1, 0.15) is 0 Å². The van der Waals surface area contributed by atoms with Crippen molar-refractivity contribution in [1.82, 2.24) is 5.32 Å². The molecule has 0 bridgehead atoms. The van der Waals surface area contributed by atoms with Gasteiger partial charge in [0.05, 0.1) is 11.7 Å². The summed E-state index contributed by atoms with van der Waals surface area (Å²) in [4.78, 5) is 12.0. The van der Waals surface area contributed by atoms with Crippen LogP contribution < -0.4 is 5.32 Å². The molecular formula is C17H16F3NO2. The number of hydrogen-bond acceptors (Lipinski definition) is 2. The Morgan fingerprint density at radius 3 is 2.52 bits per heavy atom. The van der Waals surface area contributed by atoms with Gasteiger partial charge in [-0.05, 0) is 36.8 Å². The largest absolute Gasteiger partial charge is 0.416 e. The van der Waals surface area contributed by atoms with Gasteiger partial charge < -0.3 is 10.4 Å². The molecule has 2 N–H and O–H groups in total. The van der Waals surface area contributed by atoms with Crippen molar-refractivity contribution in [2.24, 2.45) is 0 Å². The van der Waals surface area contributed by atoms with Gasteiger partial charge in [0.15, 0.2) is 0 Å². The normalized spacial score (nSPS) is 12.7. The molecule has 2 aromatic rings. The van der Waals surface area contributed by atoms with E-state index >= 15 is 0 Å². The van der Waals surface area contributed by atoms with Gasteiger partial charge in [-0.3, -0.25) is 4.79 Å². The van der Waals surface area contributed by atoms with E-state index in [0.717, 1.165) is 17.7 Å². The van der Waals surface area contributed by atoms with Crippen LogP contribution in [0.2, 0.25) is 0 Å². The van der Waals surface area contributed by atoms with Crippen molar-refractivity contribution >= 4 is 5.91 Å². The fraction of sp³-hybridized carbons (Fsp3) is 0.235. The summed E-state index contributed by atoms with van der Waals surface area (Å²) >= 11 is 0. The number of aliphatic hydroxyl groups excluding tert-OH is 1. The third-order valence-corrected chi connectivity index (χ3v) is 3.33. The lowest BCUT2D eigenvalue weighted by Crippen LogP contribution is -2.28. The average molecular weight is 323 g/mol. The first-order valence-electron chi connectivity index (χ1n) is 6.97. The minimum absolute atomic E-state index is 0.101. The SMILES string of the molecule is Cc1cccc(C(=O)NCC(O)c2cccc(C(F)(F)F)c2)c1. The second-order valence-corrected chi connectivity index (χ2v) is 5.22. The van der Waals surface area contributed by atoms with Crippen LogP contribution in [0, 0.1) is 6.92 Å². The van der Waals surface area contributed by atoms with Crippen molar-refractivity contribution in [1.29, 1.82) is 0 Å². The number of carbonyl (C=O) groups is 1. The molecule has 0 aliphatic carbocycles. The number of hydrogen-bond donors (Lipinski definition) is 2. The maximum atomic E-state index is 12.7. The molecule has 0 saturated carbocycles. The van der Waals surface area contributed by atoms with E-state index < -0.39 is 17.8 Å². The predicted octanol–water partition coefficient (Wildman–Crippen LogP) is 3.48. The number of aryl methyl sites for hydroxylation is 1. The Hall–Kier alpha value is -2.34. The monoisotopic (exact) mass is 323 g/mol. The number of alkyl halides is 3. The molecule has 1 amide bonds. The lowest BCUT2D eigenvalue weighted by molar-refractivity contribution is -0.137. The highest BCUT2D eigenvalue weighted by molar-refractivity contribution is 5.94. The summed E-state index contributed by atoms with van der Waals surface area (Å²) in [5, 5.41) is 12.5. The minimum Gasteiger partial charge on any atom is -0.387 e. The maximum Gasteiger partial charge on any atom is 0.416 e. The van der Waals surface area contributed by atoms with E-state index in [1.807, 2.05) is 13.0 Å². The molecule has 0 aliphatic heterocycles. The molecule has 3 nitrogen and oxygen atoms in total. The lowest BCUT2D eigenvalue weighted by atomic mass is 10.1. The van der Waals surface area contributed by atoms with Gasteiger partial charge in [0, 0.05) is 12.1 Å². The molecule has 0 saturated heterocycles. The molecule has 2 rings (SSSR count). The molecule has 6 heteroatoms. The van der Waals surface area contributed by atoms with E-state index in [9.17, 15) is 23.1 Å². The molecule has 0 heterocycles. The number of aliphatic hydroxyl groups is 1. The molecule has 122 valence electrons. The van der Waals surface area contributed by atoms with Crippen LogP contribution >= 0.6 is 0 Å². The number of benzene rings is 2. The third-order valence-electron chi connectivity index (χ3n) is 3.33. The van der Waals surface area contributed by atoms with Crippen molar-refractivity contribution in [3.63, 3.8) is 0 Å². The van der Waals surface area contributed by atoms with Crippen LogP contribution in [0.5, 0.6) is 0 Å². The average Bonchev–Trinajstić information content (AvgIpc) is 2.51. The van der Waals surface area contributed by atoms with E-state index in [0.29, 0.717) is 5.56 Å². The molecular weight excluding hydrogens is 307 g/mol. The van der Waals surface area contributed by atoms with Crippen LogP contribution in [0.15, 0.2) is 48.5 Å². The second kappa shape index (κ2) is 6.83. The highest BCUT2D eigenvalue weighted by Gasteiger charge is 2.30. The maximum absolute atomic E-state index is 12.7. The quantitative estimate of drug-likeness (QED) is 0.905. The highest BCUT2D eigenvalue weighted by atomic mass is 19.4. The Morgan fingerprint density at radius 2 is 1.87 bits per heavy atom. The van der Waals surface area contributed by atoms with Gasteiger partial charge >= 0.3 is 6.18 Å². The lowest BCUT2D eigenvalue weighted by Gasteiger charge is -2.14. The molecule has 0 radical (unpaired) electrons. The second-order valence-electron chi connectivity index (χ2n) is 5.22. The van der Waals surface area contributed by atoms with Crippen molar-refractivity contribution in [3.8, 4) is 0 Å². The summed E-state index contributed by atoms with van der Waals surface area (Å²) in [5.74, 6) is -0.389. The number of rotatable bonds is 4. The third kappa shape index (κ3) is 4.56. The van der Waals surface area contributed by atoms with E-state index in [1.165, 1.54) is 12.1 Å². The Kier molecular flexibility index (Phi) is 5.05. The predicted molar refractivity (Wildman–Crippen MR) is 79.9 cm³/mol. The smallest absolute Gasteiger partial charge is 0.387 e. The first kappa shape index (κ1) is 17.0. The summed E-state index contributed by atoms with van der Waals surface area (Å²) in [6.45, 7) is 1.67. The zero-order valence-electron chi connectivity index (χ0n) is 12.4. The fourth-order valence-corrected chi connectivity index (χ4v) is 2.12. The van der Waals surface area contributed by atoms with E-state index in [1.54, 1.807) is 18.2 Å². The van der Waals surface area contributed by atoms with Crippen molar-refractivity contribution in [3.05, 3.63) is 70.8 Å². The number of halogens is 3. The zero-order valence-corrected chi connectivity index (χ0v) is 12.4. The fourth-order valence-electron chi connectivity index (χ4n) is 2.12. The van der Waals surface area contributed by atoms with Gasteiger partial charge in [0.25, 0.3) is 5.91 Å². The van der Waals surface area contributed by atoms with Gasteiger partial charge in [-0.1, -0.05) is 29.8 Å². The molecule has 23 heavy (non-hydrogen) atoms. The topological polar surface area (TPSA) is 49.3 Å². The summed E-state index contributed by atoms with van der Waals surface area (Å²) in [6.07, 6.45) is -5.69. The molecule has 2 aromatic carbocycles. The molecule has 1 atom stereocenters. The van der Waals surface area contributed by atoms with Crippen LogP contribution in [0.4, 0.5) is 13.2 Å². The summed E-state index contributed by atoms with van der Waals surface area (Å²) < 4.78 is 38.0. The molecule has 0 spiro atoms. The summed E-state index contributed by atoms with van der Waals surface area (Å²) in [7, 11) is 0. The van der Waals surface area contributed by atoms with Gasteiger partial charge in [-0.15, -0.1) is 0 Å². The van der Waals surface area contributed by atoms with Crippen molar-refractivity contribution in [2.45, 2.75) is 19.2 Å². The number of carbonyl (C=O) groups excluding carboxylic acids is 1. The Balaban J connectivity index is 2.02. The highest BCUT2D eigenvalue weighted by Crippen LogP contribution is 2.30. The van der Waals surface area contributed by atoms with Crippen molar-refractivity contribution in [2.75, 3.05) is 6.54 Å². The van der Waals surface area contributed by atoms with Crippen LogP contribution in [0.1, 0.15) is 33.2 Å². The summed E-state index contributed by atoms with van der Waals surface area (Å²) in [6, 6.07) is 11.3. The number of amides is 1. The van der Waals surface area contributed by atoms with Gasteiger partial charge in [-0.25, -0.2) is 0 Å². The van der Waals surface area contributed by atoms with Gasteiger partial charge in [0.2, 0.25) is 0 Å². The summed E-state index contributed by atoms with van der Waals surface area (Å²) in [5.41, 5.74) is 0.612. The minimum atomic E-state index is -4.47. The van der Waals surface area contributed by atoms with E-state index in [2.05, 4.69) is 5.32 Å². The first-order chi connectivity index (χ1) is 10.8. The van der Waals surface area contributed by atoms with Crippen LogP contribution in [0.3, 0.4) is 0 Å². The molecule has 1 unspecified atom stereocenters. The van der Waals surface area contributed by atoms with Gasteiger partial charge in [-0.2, -0.15) is 13.2 Å². The zero-order chi connectivity index (χ0) is 17.0. The Labute approximate surface area is 131 Å². The molecule has 0 aromatic heterocycles.